The molecule has 0 bridgehead atoms. The second-order valence-electron chi connectivity index (χ2n) is 7.13. The van der Waals surface area contributed by atoms with Crippen LogP contribution in [0.15, 0.2) is 75.9 Å². The van der Waals surface area contributed by atoms with Gasteiger partial charge in [-0.3, -0.25) is 9.59 Å². The SMILES string of the molecule is O=C1C[C@@H](c2ccccc2)c2c(c(O)c(O)c3c(=O)cc(-c4ccccc4)oc23)O1. The van der Waals surface area contributed by atoms with Crippen molar-refractivity contribution in [1.29, 1.82) is 0 Å². The van der Waals surface area contributed by atoms with Crippen molar-refractivity contribution in [3.8, 4) is 28.6 Å². The molecule has 0 saturated carbocycles. The predicted octanol–water partition coefficient (Wildman–Crippen LogP) is 4.31. The maximum atomic E-state index is 12.9. The topological polar surface area (TPSA) is 97.0 Å². The van der Waals surface area contributed by atoms with Crippen LogP contribution in [0.4, 0.5) is 0 Å². The third kappa shape index (κ3) is 2.73. The monoisotopic (exact) mass is 400 g/mol. The molecule has 0 saturated heterocycles. The molecule has 5 rings (SSSR count). The standard InChI is InChI=1S/C24H16O6/c25-16-12-17(14-9-5-2-6-10-14)29-23-19-15(13-7-3-1-4-8-13)11-18(26)30-24(19)22(28)21(27)20(16)23/h1-10,12,15,27-28H,11H2/t15-/m0/s1. The molecule has 2 heterocycles. The molecule has 3 aromatic carbocycles. The first kappa shape index (κ1) is 18.0. The molecule has 0 aliphatic carbocycles. The predicted molar refractivity (Wildman–Crippen MR) is 110 cm³/mol. The van der Waals surface area contributed by atoms with Crippen LogP contribution < -0.4 is 10.2 Å². The van der Waals surface area contributed by atoms with E-state index in [2.05, 4.69) is 0 Å². The number of carbonyl (C=O) groups is 1. The number of aromatic hydroxyl groups is 2. The highest BCUT2D eigenvalue weighted by atomic mass is 16.5. The van der Waals surface area contributed by atoms with Crippen LogP contribution in [-0.2, 0) is 4.79 Å². The van der Waals surface area contributed by atoms with Crippen molar-refractivity contribution in [1.82, 2.24) is 0 Å². The van der Waals surface area contributed by atoms with Gasteiger partial charge >= 0.3 is 5.97 Å². The average Bonchev–Trinajstić information content (AvgIpc) is 2.77. The number of hydrogen-bond acceptors (Lipinski definition) is 6. The highest BCUT2D eigenvalue weighted by Crippen LogP contribution is 2.52. The lowest BCUT2D eigenvalue weighted by atomic mass is 9.85. The van der Waals surface area contributed by atoms with Gasteiger partial charge in [0.15, 0.2) is 16.9 Å². The summed E-state index contributed by atoms with van der Waals surface area (Å²) in [6.07, 6.45) is 0.00953. The number of carbonyl (C=O) groups excluding carboxylic acids is 1. The van der Waals surface area contributed by atoms with Crippen LogP contribution in [0.5, 0.6) is 17.2 Å². The van der Waals surface area contributed by atoms with Crippen LogP contribution in [0.25, 0.3) is 22.3 Å². The van der Waals surface area contributed by atoms with Gasteiger partial charge in [0.05, 0.1) is 12.0 Å². The fourth-order valence-corrected chi connectivity index (χ4v) is 3.92. The van der Waals surface area contributed by atoms with E-state index in [1.165, 1.54) is 6.07 Å². The lowest BCUT2D eigenvalue weighted by molar-refractivity contribution is -0.135. The minimum Gasteiger partial charge on any atom is -0.504 e. The number of phenolic OH excluding ortho intramolecular Hbond substituents is 2. The third-order valence-electron chi connectivity index (χ3n) is 5.31. The van der Waals surface area contributed by atoms with Crippen LogP contribution in [-0.4, -0.2) is 16.2 Å². The summed E-state index contributed by atoms with van der Waals surface area (Å²) >= 11 is 0. The number of benzene rings is 3. The Bertz CT molecular complexity index is 1340. The van der Waals surface area contributed by atoms with Gasteiger partial charge in [-0.1, -0.05) is 60.7 Å². The van der Waals surface area contributed by atoms with E-state index < -0.39 is 28.8 Å². The Balaban J connectivity index is 1.89. The van der Waals surface area contributed by atoms with E-state index in [4.69, 9.17) is 9.15 Å². The molecule has 0 unspecified atom stereocenters. The molecule has 0 amide bonds. The summed E-state index contributed by atoms with van der Waals surface area (Å²) in [5.41, 5.74) is 1.43. The summed E-state index contributed by atoms with van der Waals surface area (Å²) in [6.45, 7) is 0. The van der Waals surface area contributed by atoms with E-state index in [0.717, 1.165) is 5.56 Å². The molecule has 0 fully saturated rings. The maximum absolute atomic E-state index is 12.9. The van der Waals surface area contributed by atoms with Gasteiger partial charge in [0.2, 0.25) is 5.75 Å². The molecule has 6 nitrogen and oxygen atoms in total. The minimum atomic E-state index is -0.668. The van der Waals surface area contributed by atoms with Gasteiger partial charge in [-0.05, 0) is 5.56 Å². The molecule has 148 valence electrons. The highest BCUT2D eigenvalue weighted by Gasteiger charge is 2.36. The highest BCUT2D eigenvalue weighted by molar-refractivity contribution is 5.96. The van der Waals surface area contributed by atoms with Crippen LogP contribution in [0.3, 0.4) is 0 Å². The number of hydrogen-bond donors (Lipinski definition) is 2. The molecule has 1 aliphatic rings. The van der Waals surface area contributed by atoms with E-state index in [9.17, 15) is 19.8 Å². The summed E-state index contributed by atoms with van der Waals surface area (Å²) < 4.78 is 11.4. The van der Waals surface area contributed by atoms with Gasteiger partial charge < -0.3 is 19.4 Å². The van der Waals surface area contributed by atoms with Crippen LogP contribution in [0.2, 0.25) is 0 Å². The van der Waals surface area contributed by atoms with Gasteiger partial charge in [-0.2, -0.15) is 0 Å². The summed E-state index contributed by atoms with van der Waals surface area (Å²) in [6, 6.07) is 19.6. The molecular formula is C24H16O6. The zero-order valence-corrected chi connectivity index (χ0v) is 15.7. The minimum absolute atomic E-state index is 0.00953. The summed E-state index contributed by atoms with van der Waals surface area (Å²) in [4.78, 5) is 25.2. The number of rotatable bonds is 2. The van der Waals surface area contributed by atoms with Crippen molar-refractivity contribution >= 4 is 16.9 Å². The second-order valence-corrected chi connectivity index (χ2v) is 7.13. The van der Waals surface area contributed by atoms with Gasteiger partial charge in [0.25, 0.3) is 0 Å². The van der Waals surface area contributed by atoms with Gasteiger partial charge in [-0.25, -0.2) is 0 Å². The Morgan fingerprint density at radius 2 is 1.53 bits per heavy atom. The van der Waals surface area contributed by atoms with E-state index in [0.29, 0.717) is 16.9 Å². The van der Waals surface area contributed by atoms with Crippen molar-refractivity contribution in [2.24, 2.45) is 0 Å². The lowest BCUT2D eigenvalue weighted by Gasteiger charge is -2.26. The molecule has 30 heavy (non-hydrogen) atoms. The summed E-state index contributed by atoms with van der Waals surface area (Å²) in [5.74, 6) is -2.25. The van der Waals surface area contributed by atoms with Gasteiger partial charge in [0, 0.05) is 17.5 Å². The first-order valence-electron chi connectivity index (χ1n) is 9.41. The maximum Gasteiger partial charge on any atom is 0.312 e. The molecule has 1 aromatic heterocycles. The van der Waals surface area contributed by atoms with Crippen molar-refractivity contribution in [2.45, 2.75) is 12.3 Å². The largest absolute Gasteiger partial charge is 0.504 e. The number of esters is 1. The number of phenols is 2. The first-order chi connectivity index (χ1) is 14.5. The lowest BCUT2D eigenvalue weighted by Crippen LogP contribution is -2.22. The van der Waals surface area contributed by atoms with Crippen molar-refractivity contribution in [2.75, 3.05) is 0 Å². The van der Waals surface area contributed by atoms with Crippen LogP contribution in [0, 0.1) is 0 Å². The molecule has 0 radical (unpaired) electrons. The number of ether oxygens (including phenoxy) is 1. The van der Waals surface area contributed by atoms with E-state index in [-0.39, 0.29) is 23.1 Å². The Kier molecular flexibility index (Phi) is 4.06. The smallest absolute Gasteiger partial charge is 0.312 e. The second kappa shape index (κ2) is 6.77. The number of fused-ring (bicyclic) bond motifs is 3. The van der Waals surface area contributed by atoms with Gasteiger partial charge in [0.1, 0.15) is 16.7 Å². The van der Waals surface area contributed by atoms with Crippen molar-refractivity contribution in [3.63, 3.8) is 0 Å². The molecule has 1 atom stereocenters. The molecule has 4 aromatic rings. The third-order valence-corrected chi connectivity index (χ3v) is 5.31. The Morgan fingerprint density at radius 3 is 2.23 bits per heavy atom. The first-order valence-corrected chi connectivity index (χ1v) is 9.41. The molecule has 6 heteroatoms. The zero-order chi connectivity index (χ0) is 20.8. The van der Waals surface area contributed by atoms with E-state index in [1.807, 2.05) is 48.5 Å². The zero-order valence-electron chi connectivity index (χ0n) is 15.7. The Hall–Kier alpha value is -4.06. The van der Waals surface area contributed by atoms with Crippen molar-refractivity contribution < 1.29 is 24.2 Å². The van der Waals surface area contributed by atoms with Gasteiger partial charge in [-0.15, -0.1) is 0 Å². The summed E-state index contributed by atoms with van der Waals surface area (Å²) in [7, 11) is 0. The van der Waals surface area contributed by atoms with Crippen molar-refractivity contribution in [3.05, 3.63) is 88.1 Å². The molecule has 0 spiro atoms. The molecular weight excluding hydrogens is 384 g/mol. The fourth-order valence-electron chi connectivity index (χ4n) is 3.92. The van der Waals surface area contributed by atoms with E-state index >= 15 is 0 Å². The summed E-state index contributed by atoms with van der Waals surface area (Å²) in [5, 5.41) is 20.9. The quantitative estimate of drug-likeness (QED) is 0.296. The van der Waals surface area contributed by atoms with Crippen LogP contribution >= 0.6 is 0 Å². The molecule has 1 aliphatic heterocycles. The van der Waals surface area contributed by atoms with E-state index in [1.54, 1.807) is 12.1 Å². The molecule has 2 N–H and O–H groups in total. The fraction of sp³-hybridized carbons (Fsp3) is 0.0833. The Morgan fingerprint density at radius 1 is 0.867 bits per heavy atom. The van der Waals surface area contributed by atoms with Crippen LogP contribution in [0.1, 0.15) is 23.5 Å². The Labute approximate surface area is 170 Å². The normalized spacial score (nSPS) is 15.6. The average molecular weight is 400 g/mol.